The minimum atomic E-state index is -0.958. The first kappa shape index (κ1) is 15.2. The topological polar surface area (TPSA) is 29.5 Å². The fourth-order valence-electron chi connectivity index (χ4n) is 2.61. The van der Waals surface area contributed by atoms with Crippen LogP contribution in [0.4, 0.5) is 8.78 Å². The summed E-state index contributed by atoms with van der Waals surface area (Å²) in [6.07, 6.45) is 0.647. The molecule has 1 aliphatic heterocycles. The Morgan fingerprint density at radius 3 is 2.65 bits per heavy atom. The molecule has 118 valence electrons. The molecule has 0 saturated heterocycles. The summed E-state index contributed by atoms with van der Waals surface area (Å²) < 4.78 is 31.8. The Labute approximate surface area is 132 Å². The van der Waals surface area contributed by atoms with Crippen molar-refractivity contribution < 1.29 is 18.3 Å². The number of carbonyl (C=O) groups excluding carboxylic acids is 1. The lowest BCUT2D eigenvalue weighted by molar-refractivity contribution is -0.129. The van der Waals surface area contributed by atoms with Crippen LogP contribution in [0.25, 0.3) is 0 Å². The summed E-state index contributed by atoms with van der Waals surface area (Å²) in [6, 6.07) is 11.4. The second-order valence-electron chi connectivity index (χ2n) is 5.37. The zero-order valence-electron chi connectivity index (χ0n) is 12.4. The van der Waals surface area contributed by atoms with Gasteiger partial charge in [0.1, 0.15) is 17.3 Å². The molecule has 0 N–H and O–H groups in total. The van der Waals surface area contributed by atoms with Crippen molar-refractivity contribution in [1.82, 2.24) is 4.90 Å². The highest BCUT2D eigenvalue weighted by Gasteiger charge is 2.22. The van der Waals surface area contributed by atoms with Gasteiger partial charge in [-0.2, -0.15) is 0 Å². The fraction of sp³-hybridized carbons (Fsp3) is 0.167. The van der Waals surface area contributed by atoms with Crippen LogP contribution < -0.4 is 4.74 Å². The quantitative estimate of drug-likeness (QED) is 0.802. The van der Waals surface area contributed by atoms with Crippen LogP contribution >= 0.6 is 0 Å². The highest BCUT2D eigenvalue weighted by Crippen LogP contribution is 2.28. The molecule has 1 amide bonds. The van der Waals surface area contributed by atoms with Crippen molar-refractivity contribution in [1.29, 1.82) is 0 Å². The standard InChI is InChI=1S/C18H15F2NO2/c1-12(19)18(22)21-8-7-13-5-6-17(9-14(13)11-21)23-16-4-2-3-15(20)10-16/h2-6,9-10H,1,7-8,11H2. The number of fused-ring (bicyclic) bond motifs is 1. The molecule has 0 unspecified atom stereocenters. The Hall–Kier alpha value is -2.69. The van der Waals surface area contributed by atoms with E-state index in [9.17, 15) is 13.6 Å². The molecule has 1 aliphatic rings. The summed E-state index contributed by atoms with van der Waals surface area (Å²) in [4.78, 5) is 13.1. The van der Waals surface area contributed by atoms with Gasteiger partial charge < -0.3 is 9.64 Å². The van der Waals surface area contributed by atoms with E-state index in [0.29, 0.717) is 31.0 Å². The molecule has 2 aromatic rings. The van der Waals surface area contributed by atoms with Gasteiger partial charge in [0, 0.05) is 19.2 Å². The van der Waals surface area contributed by atoms with Gasteiger partial charge in [-0.3, -0.25) is 4.79 Å². The maximum Gasteiger partial charge on any atom is 0.282 e. The van der Waals surface area contributed by atoms with Crippen molar-refractivity contribution in [2.45, 2.75) is 13.0 Å². The molecule has 0 aliphatic carbocycles. The number of hydrogen-bond acceptors (Lipinski definition) is 2. The summed E-state index contributed by atoms with van der Waals surface area (Å²) in [5, 5.41) is 0. The van der Waals surface area contributed by atoms with Gasteiger partial charge in [0.05, 0.1) is 0 Å². The van der Waals surface area contributed by atoms with Crippen LogP contribution in [0.15, 0.2) is 54.9 Å². The predicted molar refractivity (Wildman–Crippen MR) is 82.3 cm³/mol. The normalized spacial score (nSPS) is 13.4. The van der Waals surface area contributed by atoms with E-state index >= 15 is 0 Å². The maximum absolute atomic E-state index is 13.2. The zero-order chi connectivity index (χ0) is 16.4. The third-order valence-corrected chi connectivity index (χ3v) is 3.74. The van der Waals surface area contributed by atoms with Crippen LogP contribution in [0, 0.1) is 5.82 Å². The Kier molecular flexibility index (Phi) is 4.10. The number of hydrogen-bond donors (Lipinski definition) is 0. The largest absolute Gasteiger partial charge is 0.457 e. The molecule has 0 atom stereocenters. The Bertz CT molecular complexity index is 773. The average molecular weight is 315 g/mol. The van der Waals surface area contributed by atoms with Crippen LogP contribution in [0.3, 0.4) is 0 Å². The molecule has 5 heteroatoms. The number of amides is 1. The van der Waals surface area contributed by atoms with Crippen LogP contribution in [0.1, 0.15) is 11.1 Å². The molecule has 0 bridgehead atoms. The lowest BCUT2D eigenvalue weighted by atomic mass is 9.99. The van der Waals surface area contributed by atoms with E-state index in [4.69, 9.17) is 4.74 Å². The summed E-state index contributed by atoms with van der Waals surface area (Å²) in [7, 11) is 0. The van der Waals surface area contributed by atoms with Crippen LogP contribution in [0.2, 0.25) is 0 Å². The molecular formula is C18H15F2NO2. The van der Waals surface area contributed by atoms with Crippen molar-refractivity contribution >= 4 is 5.91 Å². The maximum atomic E-state index is 13.2. The second-order valence-corrected chi connectivity index (χ2v) is 5.37. The van der Waals surface area contributed by atoms with E-state index in [1.165, 1.54) is 17.0 Å². The monoisotopic (exact) mass is 315 g/mol. The number of benzene rings is 2. The Morgan fingerprint density at radius 1 is 1.13 bits per heavy atom. The van der Waals surface area contributed by atoms with E-state index < -0.39 is 11.7 Å². The third kappa shape index (κ3) is 3.39. The van der Waals surface area contributed by atoms with Gasteiger partial charge in [0.15, 0.2) is 5.83 Å². The average Bonchev–Trinajstić information content (AvgIpc) is 2.53. The minimum Gasteiger partial charge on any atom is -0.457 e. The van der Waals surface area contributed by atoms with Crippen molar-refractivity contribution in [3.8, 4) is 11.5 Å². The number of ether oxygens (including phenoxy) is 1. The molecule has 3 rings (SSSR count). The van der Waals surface area contributed by atoms with Gasteiger partial charge >= 0.3 is 0 Å². The first-order valence-corrected chi connectivity index (χ1v) is 7.22. The second kappa shape index (κ2) is 6.20. The smallest absolute Gasteiger partial charge is 0.282 e. The van der Waals surface area contributed by atoms with Crippen molar-refractivity contribution in [2.75, 3.05) is 6.54 Å². The predicted octanol–water partition coefficient (Wildman–Crippen LogP) is 3.99. The van der Waals surface area contributed by atoms with Gasteiger partial charge in [-0.05, 0) is 41.8 Å². The third-order valence-electron chi connectivity index (χ3n) is 3.74. The molecule has 0 fully saturated rings. The van der Waals surface area contributed by atoms with Crippen LogP contribution in [-0.4, -0.2) is 17.4 Å². The lowest BCUT2D eigenvalue weighted by Gasteiger charge is -2.28. The lowest BCUT2D eigenvalue weighted by Crippen LogP contribution is -2.36. The minimum absolute atomic E-state index is 0.303. The van der Waals surface area contributed by atoms with Gasteiger partial charge in [0.25, 0.3) is 5.91 Å². The van der Waals surface area contributed by atoms with Gasteiger partial charge in [0.2, 0.25) is 0 Å². The highest BCUT2D eigenvalue weighted by molar-refractivity contribution is 5.90. The number of carbonyl (C=O) groups is 1. The number of rotatable bonds is 3. The first-order valence-electron chi connectivity index (χ1n) is 7.22. The zero-order valence-corrected chi connectivity index (χ0v) is 12.4. The van der Waals surface area contributed by atoms with Crippen molar-refractivity contribution in [3.63, 3.8) is 0 Å². The van der Waals surface area contributed by atoms with E-state index in [2.05, 4.69) is 6.58 Å². The summed E-state index contributed by atoms with van der Waals surface area (Å²) in [5.74, 6) is -1.08. The Morgan fingerprint density at radius 2 is 1.91 bits per heavy atom. The summed E-state index contributed by atoms with van der Waals surface area (Å²) in [6.45, 7) is 3.81. The van der Waals surface area contributed by atoms with E-state index in [1.54, 1.807) is 24.3 Å². The van der Waals surface area contributed by atoms with Crippen molar-refractivity contribution in [3.05, 3.63) is 71.8 Å². The van der Waals surface area contributed by atoms with Gasteiger partial charge in [-0.1, -0.05) is 18.7 Å². The van der Waals surface area contributed by atoms with Crippen LogP contribution in [0.5, 0.6) is 11.5 Å². The summed E-state index contributed by atoms with van der Waals surface area (Å²) in [5.41, 5.74) is 1.98. The molecule has 0 aromatic heterocycles. The van der Waals surface area contributed by atoms with Gasteiger partial charge in [-0.15, -0.1) is 0 Å². The Balaban J connectivity index is 1.80. The fourth-order valence-corrected chi connectivity index (χ4v) is 2.61. The van der Waals surface area contributed by atoms with Gasteiger partial charge in [-0.25, -0.2) is 8.78 Å². The molecule has 0 radical (unpaired) electrons. The van der Waals surface area contributed by atoms with Crippen LogP contribution in [-0.2, 0) is 17.8 Å². The molecule has 0 spiro atoms. The summed E-state index contributed by atoms with van der Waals surface area (Å²) >= 11 is 0. The van der Waals surface area contributed by atoms with E-state index in [1.807, 2.05) is 6.07 Å². The SMILES string of the molecule is C=C(F)C(=O)N1CCc2ccc(Oc3cccc(F)c3)cc2C1. The molecule has 3 nitrogen and oxygen atoms in total. The molecule has 23 heavy (non-hydrogen) atoms. The van der Waals surface area contributed by atoms with Crippen molar-refractivity contribution in [2.24, 2.45) is 0 Å². The molecular weight excluding hydrogens is 300 g/mol. The first-order chi connectivity index (χ1) is 11.0. The number of halogens is 2. The molecule has 2 aromatic carbocycles. The molecule has 0 saturated carbocycles. The molecule has 1 heterocycles. The number of nitrogens with zero attached hydrogens (tertiary/aromatic N) is 1. The highest BCUT2D eigenvalue weighted by atomic mass is 19.1. The van der Waals surface area contributed by atoms with E-state index in [-0.39, 0.29) is 5.82 Å². The van der Waals surface area contributed by atoms with E-state index in [0.717, 1.165) is 11.1 Å².